The number of hydrogen-bond acceptors (Lipinski definition) is 3. The molecule has 1 aromatic carbocycles. The van der Waals surface area contributed by atoms with Gasteiger partial charge < -0.3 is 0 Å². The number of nitrogens with zero attached hydrogens (tertiary/aromatic N) is 1. The van der Waals surface area contributed by atoms with E-state index in [9.17, 15) is 0 Å². The van der Waals surface area contributed by atoms with E-state index in [1.807, 2.05) is 34.9 Å². The zero-order chi connectivity index (χ0) is 12.5. The SMILES string of the molecule is S=c1scc(-c2cccs2)n1-c1ccccc1Cl. The third kappa shape index (κ3) is 2.06. The fourth-order valence-electron chi connectivity index (χ4n) is 1.76. The van der Waals surface area contributed by atoms with Crippen LogP contribution in [-0.4, -0.2) is 4.57 Å². The van der Waals surface area contributed by atoms with E-state index < -0.39 is 0 Å². The molecule has 0 unspecified atom stereocenters. The van der Waals surface area contributed by atoms with Gasteiger partial charge in [0.25, 0.3) is 0 Å². The molecule has 0 aliphatic heterocycles. The first kappa shape index (κ1) is 12.1. The maximum Gasteiger partial charge on any atom is 0.166 e. The Balaban J connectivity index is 2.28. The first-order chi connectivity index (χ1) is 8.77. The fourth-order valence-corrected chi connectivity index (χ4v) is 3.88. The second-order valence-electron chi connectivity index (χ2n) is 3.65. The molecule has 0 saturated heterocycles. The largest absolute Gasteiger partial charge is 0.289 e. The van der Waals surface area contributed by atoms with Gasteiger partial charge in [0.2, 0.25) is 0 Å². The summed E-state index contributed by atoms with van der Waals surface area (Å²) in [5, 5.41) is 4.86. The van der Waals surface area contributed by atoms with Crippen molar-refractivity contribution >= 4 is 46.5 Å². The zero-order valence-electron chi connectivity index (χ0n) is 9.17. The molecule has 2 aromatic heterocycles. The van der Waals surface area contributed by atoms with Crippen LogP contribution in [0.2, 0.25) is 5.02 Å². The van der Waals surface area contributed by atoms with E-state index in [0.29, 0.717) is 5.02 Å². The molecule has 3 rings (SSSR count). The van der Waals surface area contributed by atoms with Gasteiger partial charge in [-0.25, -0.2) is 0 Å². The molecule has 0 bridgehead atoms. The van der Waals surface area contributed by atoms with Gasteiger partial charge in [-0.1, -0.05) is 29.8 Å². The monoisotopic (exact) mass is 309 g/mol. The topological polar surface area (TPSA) is 4.93 Å². The van der Waals surface area contributed by atoms with Crippen LogP contribution in [0.3, 0.4) is 0 Å². The van der Waals surface area contributed by atoms with Crippen molar-refractivity contribution in [3.8, 4) is 16.3 Å². The van der Waals surface area contributed by atoms with Crippen LogP contribution in [0.1, 0.15) is 0 Å². The number of para-hydroxylation sites is 1. The molecule has 0 aliphatic carbocycles. The predicted octanol–water partition coefficient (Wildman–Crippen LogP) is 5.65. The lowest BCUT2D eigenvalue weighted by molar-refractivity contribution is 1.08. The molecular formula is C13H8ClNS3. The highest BCUT2D eigenvalue weighted by Crippen LogP contribution is 2.32. The summed E-state index contributed by atoms with van der Waals surface area (Å²) in [5.74, 6) is 0. The van der Waals surface area contributed by atoms with Crippen molar-refractivity contribution in [1.82, 2.24) is 4.57 Å². The highest BCUT2D eigenvalue weighted by atomic mass is 35.5. The average Bonchev–Trinajstić information content (AvgIpc) is 2.99. The summed E-state index contributed by atoms with van der Waals surface area (Å²) in [4.78, 5) is 1.20. The molecule has 0 spiro atoms. The lowest BCUT2D eigenvalue weighted by atomic mass is 10.3. The predicted molar refractivity (Wildman–Crippen MR) is 82.8 cm³/mol. The van der Waals surface area contributed by atoms with Crippen LogP contribution < -0.4 is 0 Å². The van der Waals surface area contributed by atoms with Crippen molar-refractivity contribution in [3.05, 3.63) is 56.1 Å². The summed E-state index contributed by atoms with van der Waals surface area (Å²) in [5.41, 5.74) is 2.04. The van der Waals surface area contributed by atoms with Crippen molar-refractivity contribution in [2.45, 2.75) is 0 Å². The van der Waals surface area contributed by atoms with Crippen LogP contribution in [0.4, 0.5) is 0 Å². The normalized spacial score (nSPS) is 10.7. The first-order valence-corrected chi connectivity index (χ1v) is 7.81. The molecule has 5 heteroatoms. The van der Waals surface area contributed by atoms with Crippen LogP contribution >= 0.6 is 46.5 Å². The smallest absolute Gasteiger partial charge is 0.166 e. The number of hydrogen-bond donors (Lipinski definition) is 0. The molecular weight excluding hydrogens is 302 g/mol. The van der Waals surface area contributed by atoms with E-state index in [-0.39, 0.29) is 0 Å². The van der Waals surface area contributed by atoms with E-state index >= 15 is 0 Å². The van der Waals surface area contributed by atoms with Crippen molar-refractivity contribution in [1.29, 1.82) is 0 Å². The lowest BCUT2D eigenvalue weighted by Crippen LogP contribution is -1.96. The van der Waals surface area contributed by atoms with Gasteiger partial charge in [0.05, 0.1) is 21.3 Å². The zero-order valence-corrected chi connectivity index (χ0v) is 12.4. The van der Waals surface area contributed by atoms with E-state index in [1.54, 1.807) is 22.7 Å². The molecule has 0 saturated carbocycles. The van der Waals surface area contributed by atoms with Crippen molar-refractivity contribution < 1.29 is 0 Å². The average molecular weight is 310 g/mol. The van der Waals surface area contributed by atoms with Gasteiger partial charge in [0.1, 0.15) is 0 Å². The van der Waals surface area contributed by atoms with Crippen molar-refractivity contribution in [3.63, 3.8) is 0 Å². The van der Waals surface area contributed by atoms with E-state index in [1.165, 1.54) is 4.88 Å². The Morgan fingerprint density at radius 2 is 1.89 bits per heavy atom. The van der Waals surface area contributed by atoms with Gasteiger partial charge in [-0.15, -0.1) is 22.7 Å². The number of rotatable bonds is 2. The molecule has 0 radical (unpaired) electrons. The summed E-state index contributed by atoms with van der Waals surface area (Å²) < 4.78 is 2.85. The lowest BCUT2D eigenvalue weighted by Gasteiger charge is -2.09. The van der Waals surface area contributed by atoms with E-state index in [0.717, 1.165) is 15.3 Å². The van der Waals surface area contributed by atoms with Crippen LogP contribution in [0.5, 0.6) is 0 Å². The van der Waals surface area contributed by atoms with Gasteiger partial charge in [-0.3, -0.25) is 4.57 Å². The van der Waals surface area contributed by atoms with Crippen LogP contribution in [0.25, 0.3) is 16.3 Å². The van der Waals surface area contributed by atoms with Crippen LogP contribution in [-0.2, 0) is 0 Å². The molecule has 18 heavy (non-hydrogen) atoms. The summed E-state index contributed by atoms with van der Waals surface area (Å²) >= 11 is 14.9. The Labute approximate surface area is 123 Å². The Hall–Kier alpha value is -0.940. The number of thiazole rings is 1. The van der Waals surface area contributed by atoms with E-state index in [2.05, 4.69) is 16.8 Å². The number of thiophene rings is 1. The molecule has 0 fully saturated rings. The summed E-state index contributed by atoms with van der Waals surface area (Å²) in [6, 6.07) is 11.9. The minimum atomic E-state index is 0.713. The summed E-state index contributed by atoms with van der Waals surface area (Å²) in [6.07, 6.45) is 0. The van der Waals surface area contributed by atoms with Crippen LogP contribution in [0, 0.1) is 3.95 Å². The quantitative estimate of drug-likeness (QED) is 0.554. The molecule has 0 aliphatic rings. The number of aromatic nitrogens is 1. The molecule has 0 amide bonds. The molecule has 90 valence electrons. The minimum absolute atomic E-state index is 0.713. The molecule has 0 N–H and O–H groups in total. The highest BCUT2D eigenvalue weighted by Gasteiger charge is 2.11. The number of halogens is 1. The number of benzene rings is 1. The first-order valence-electron chi connectivity index (χ1n) is 5.26. The Kier molecular flexibility index (Phi) is 3.35. The third-order valence-electron chi connectivity index (χ3n) is 2.56. The second kappa shape index (κ2) is 4.97. The van der Waals surface area contributed by atoms with Gasteiger partial charge in [-0.05, 0) is 35.8 Å². The molecule has 1 nitrogen and oxygen atoms in total. The minimum Gasteiger partial charge on any atom is -0.289 e. The summed E-state index contributed by atoms with van der Waals surface area (Å²) in [6.45, 7) is 0. The molecule has 0 atom stereocenters. The maximum atomic E-state index is 6.26. The third-order valence-corrected chi connectivity index (χ3v) is 4.97. The Morgan fingerprint density at radius 3 is 2.61 bits per heavy atom. The Bertz CT molecular complexity index is 725. The van der Waals surface area contributed by atoms with Gasteiger partial charge in [-0.2, -0.15) is 0 Å². The van der Waals surface area contributed by atoms with Gasteiger partial charge in [0, 0.05) is 5.38 Å². The second-order valence-corrected chi connectivity index (χ2v) is 6.51. The summed E-state index contributed by atoms with van der Waals surface area (Å²) in [7, 11) is 0. The van der Waals surface area contributed by atoms with Crippen molar-refractivity contribution in [2.24, 2.45) is 0 Å². The fraction of sp³-hybridized carbons (Fsp3) is 0. The molecule has 2 heterocycles. The molecule has 3 aromatic rings. The Morgan fingerprint density at radius 1 is 1.06 bits per heavy atom. The van der Waals surface area contributed by atoms with Gasteiger partial charge in [0.15, 0.2) is 3.95 Å². The van der Waals surface area contributed by atoms with Crippen molar-refractivity contribution in [2.75, 3.05) is 0 Å². The van der Waals surface area contributed by atoms with E-state index in [4.69, 9.17) is 23.8 Å². The maximum absolute atomic E-state index is 6.26. The van der Waals surface area contributed by atoms with Crippen LogP contribution in [0.15, 0.2) is 47.2 Å². The van der Waals surface area contributed by atoms with Gasteiger partial charge >= 0.3 is 0 Å². The standard InChI is InChI=1S/C13H8ClNS3/c14-9-4-1-2-5-10(9)15-11(8-18-13(15)16)12-6-3-7-17-12/h1-8H. The highest BCUT2D eigenvalue weighted by molar-refractivity contribution is 7.73.